The van der Waals surface area contributed by atoms with Crippen LogP contribution >= 0.6 is 0 Å². The van der Waals surface area contributed by atoms with Crippen LogP contribution in [0.3, 0.4) is 0 Å². The van der Waals surface area contributed by atoms with Crippen molar-refractivity contribution >= 4 is 14.1 Å². The first-order chi connectivity index (χ1) is 8.56. The third-order valence-corrected chi connectivity index (χ3v) is 10.1. The second-order valence-electron chi connectivity index (χ2n) is 7.96. The minimum atomic E-state index is -1.72. The zero-order valence-corrected chi connectivity index (χ0v) is 14.3. The lowest BCUT2D eigenvalue weighted by Gasteiger charge is -2.44. The number of carbonyl (C=O) groups is 1. The summed E-state index contributed by atoms with van der Waals surface area (Å²) in [5, 5.41) is 0.250. The Morgan fingerprint density at radius 3 is 2.53 bits per heavy atom. The molecule has 0 bridgehead atoms. The highest BCUT2D eigenvalue weighted by Crippen LogP contribution is 2.52. The number of fused-ring (bicyclic) bond motifs is 1. The third kappa shape index (κ3) is 2.59. The number of hydrogen-bond donors (Lipinski definition) is 0. The highest BCUT2D eigenvalue weighted by atomic mass is 28.4. The van der Waals surface area contributed by atoms with E-state index in [1.54, 1.807) is 0 Å². The van der Waals surface area contributed by atoms with Gasteiger partial charge in [0, 0.05) is 11.8 Å². The van der Waals surface area contributed by atoms with Crippen LogP contribution in [0, 0.1) is 5.41 Å². The van der Waals surface area contributed by atoms with Gasteiger partial charge in [-0.05, 0) is 43.5 Å². The van der Waals surface area contributed by atoms with Crippen molar-refractivity contribution < 1.29 is 9.22 Å². The molecule has 0 saturated heterocycles. The van der Waals surface area contributed by atoms with Crippen molar-refractivity contribution in [3.63, 3.8) is 0 Å². The normalized spacial score (nSPS) is 32.2. The number of rotatable bonds is 2. The molecule has 3 heteroatoms. The van der Waals surface area contributed by atoms with Crippen LogP contribution in [-0.4, -0.2) is 20.2 Å². The zero-order valence-electron chi connectivity index (χ0n) is 13.3. The molecule has 2 unspecified atom stereocenters. The van der Waals surface area contributed by atoms with Gasteiger partial charge in [0.2, 0.25) is 0 Å². The van der Waals surface area contributed by atoms with E-state index < -0.39 is 8.32 Å². The summed E-state index contributed by atoms with van der Waals surface area (Å²) >= 11 is 0. The predicted molar refractivity (Wildman–Crippen MR) is 81.7 cm³/mol. The second kappa shape index (κ2) is 4.56. The molecular weight excluding hydrogens is 252 g/mol. The average Bonchev–Trinajstić information content (AvgIpc) is 2.55. The minimum absolute atomic E-state index is 0.115. The van der Waals surface area contributed by atoms with E-state index in [-0.39, 0.29) is 10.5 Å². The Kier molecular flexibility index (Phi) is 3.59. The van der Waals surface area contributed by atoms with Gasteiger partial charge >= 0.3 is 0 Å². The molecule has 0 N–H and O–H groups in total. The lowest BCUT2D eigenvalue weighted by Crippen LogP contribution is -2.47. The molecule has 0 aromatic heterocycles. The molecule has 2 atom stereocenters. The molecule has 0 aromatic rings. The van der Waals surface area contributed by atoms with Crippen molar-refractivity contribution in [2.45, 2.75) is 77.6 Å². The van der Waals surface area contributed by atoms with E-state index in [1.807, 2.05) is 6.08 Å². The number of allylic oxidation sites excluding steroid dienone is 1. The van der Waals surface area contributed by atoms with E-state index in [4.69, 9.17) is 4.43 Å². The molecule has 0 aromatic carbocycles. The molecular formula is C16H28O2Si. The van der Waals surface area contributed by atoms with E-state index in [9.17, 15) is 4.79 Å². The lowest BCUT2D eigenvalue weighted by atomic mass is 9.74. The zero-order chi connectivity index (χ0) is 14.5. The standard InChI is InChI=1S/C16H28O2Si/c1-15(2,3)19(5,6)18-14-8-7-12-11-13(17)9-10-16(12,14)4/h11,14H,7-10H2,1-6H3. The van der Waals surface area contributed by atoms with Gasteiger partial charge in [0.25, 0.3) is 0 Å². The molecule has 0 amide bonds. The van der Waals surface area contributed by atoms with Gasteiger partial charge in [-0.3, -0.25) is 4.79 Å². The van der Waals surface area contributed by atoms with Gasteiger partial charge in [0.15, 0.2) is 14.1 Å². The molecule has 1 fully saturated rings. The highest BCUT2D eigenvalue weighted by molar-refractivity contribution is 6.74. The van der Waals surface area contributed by atoms with Crippen LogP contribution in [0.5, 0.6) is 0 Å². The van der Waals surface area contributed by atoms with E-state index in [0.29, 0.717) is 18.3 Å². The summed E-state index contributed by atoms with van der Waals surface area (Å²) in [5.74, 6) is 0.306. The topological polar surface area (TPSA) is 26.3 Å². The number of ketones is 1. The molecule has 0 radical (unpaired) electrons. The fourth-order valence-corrected chi connectivity index (χ4v) is 4.47. The van der Waals surface area contributed by atoms with Gasteiger partial charge in [0.05, 0.1) is 6.10 Å². The van der Waals surface area contributed by atoms with Crippen LogP contribution in [0.2, 0.25) is 18.1 Å². The van der Waals surface area contributed by atoms with Crippen molar-refractivity contribution in [1.82, 2.24) is 0 Å². The van der Waals surface area contributed by atoms with Crippen molar-refractivity contribution in [3.05, 3.63) is 11.6 Å². The fraction of sp³-hybridized carbons (Fsp3) is 0.812. The molecule has 108 valence electrons. The van der Waals surface area contributed by atoms with Crippen LogP contribution < -0.4 is 0 Å². The van der Waals surface area contributed by atoms with E-state index in [0.717, 1.165) is 19.3 Å². The van der Waals surface area contributed by atoms with E-state index >= 15 is 0 Å². The second-order valence-corrected chi connectivity index (χ2v) is 12.7. The van der Waals surface area contributed by atoms with E-state index in [1.165, 1.54) is 5.57 Å². The molecule has 0 spiro atoms. The van der Waals surface area contributed by atoms with Crippen LogP contribution in [0.4, 0.5) is 0 Å². The molecule has 2 nitrogen and oxygen atoms in total. The first kappa shape index (κ1) is 15.0. The Morgan fingerprint density at radius 2 is 1.95 bits per heavy atom. The monoisotopic (exact) mass is 280 g/mol. The maximum absolute atomic E-state index is 11.6. The van der Waals surface area contributed by atoms with Crippen LogP contribution in [-0.2, 0) is 9.22 Å². The van der Waals surface area contributed by atoms with Crippen molar-refractivity contribution in [2.24, 2.45) is 5.41 Å². The Hall–Kier alpha value is -0.413. The summed E-state index contributed by atoms with van der Waals surface area (Å²) in [5.41, 5.74) is 1.45. The Balaban J connectivity index is 2.20. The SMILES string of the molecule is CC12CCC(=O)C=C1CCC2O[Si](C)(C)C(C)(C)C. The van der Waals surface area contributed by atoms with Gasteiger partial charge in [-0.15, -0.1) is 0 Å². The third-order valence-electron chi connectivity index (χ3n) is 5.59. The summed E-state index contributed by atoms with van der Waals surface area (Å²) in [6.07, 6.45) is 6.00. The quantitative estimate of drug-likeness (QED) is 0.698. The van der Waals surface area contributed by atoms with Gasteiger partial charge in [-0.25, -0.2) is 0 Å². The maximum atomic E-state index is 11.6. The van der Waals surface area contributed by atoms with Gasteiger partial charge in [0.1, 0.15) is 0 Å². The Morgan fingerprint density at radius 1 is 1.32 bits per heavy atom. The molecule has 0 heterocycles. The van der Waals surface area contributed by atoms with Crippen molar-refractivity contribution in [1.29, 1.82) is 0 Å². The number of carbonyl (C=O) groups excluding carboxylic acids is 1. The lowest BCUT2D eigenvalue weighted by molar-refractivity contribution is -0.116. The summed E-state index contributed by atoms with van der Waals surface area (Å²) in [4.78, 5) is 11.6. The van der Waals surface area contributed by atoms with E-state index in [2.05, 4.69) is 40.8 Å². The van der Waals surface area contributed by atoms with Crippen LogP contribution in [0.15, 0.2) is 11.6 Å². The largest absolute Gasteiger partial charge is 0.413 e. The molecule has 2 rings (SSSR count). The number of hydrogen-bond acceptors (Lipinski definition) is 2. The van der Waals surface area contributed by atoms with Crippen LogP contribution in [0.1, 0.15) is 53.4 Å². The van der Waals surface area contributed by atoms with Crippen LogP contribution in [0.25, 0.3) is 0 Å². The molecule has 2 aliphatic rings. The molecule has 0 aliphatic heterocycles. The van der Waals surface area contributed by atoms with Crippen molar-refractivity contribution in [3.8, 4) is 0 Å². The highest BCUT2D eigenvalue weighted by Gasteiger charge is 2.49. The van der Waals surface area contributed by atoms with Gasteiger partial charge in [-0.1, -0.05) is 33.3 Å². The first-order valence-corrected chi connectivity index (χ1v) is 10.4. The van der Waals surface area contributed by atoms with Gasteiger partial charge in [-0.2, -0.15) is 0 Å². The summed E-state index contributed by atoms with van der Waals surface area (Å²) in [6, 6.07) is 0. The summed E-state index contributed by atoms with van der Waals surface area (Å²) in [6.45, 7) is 13.8. The molecule has 1 saturated carbocycles. The fourth-order valence-electron chi connectivity index (χ4n) is 3.03. The molecule has 19 heavy (non-hydrogen) atoms. The average molecular weight is 280 g/mol. The Labute approximate surface area is 118 Å². The maximum Gasteiger partial charge on any atom is 0.192 e. The predicted octanol–water partition coefficient (Wildman–Crippen LogP) is 4.47. The molecule has 2 aliphatic carbocycles. The summed E-state index contributed by atoms with van der Waals surface area (Å²) < 4.78 is 6.66. The smallest absolute Gasteiger partial charge is 0.192 e. The van der Waals surface area contributed by atoms with Crippen molar-refractivity contribution in [2.75, 3.05) is 0 Å². The minimum Gasteiger partial charge on any atom is -0.413 e. The summed E-state index contributed by atoms with van der Waals surface area (Å²) in [7, 11) is -1.72. The Bertz CT molecular complexity index is 417. The first-order valence-electron chi connectivity index (χ1n) is 7.48. The van der Waals surface area contributed by atoms with Gasteiger partial charge < -0.3 is 4.43 Å².